The molecule has 2 heteroatoms. The summed E-state index contributed by atoms with van der Waals surface area (Å²) in [6.45, 7) is 12.7. The largest absolute Gasteiger partial charge is 0.309 e. The summed E-state index contributed by atoms with van der Waals surface area (Å²) in [5.74, 6) is 0.760. The Morgan fingerprint density at radius 2 is 2.05 bits per heavy atom. The van der Waals surface area contributed by atoms with Crippen molar-refractivity contribution in [2.24, 2.45) is 5.92 Å². The molecule has 2 nitrogen and oxygen atoms in total. The van der Waals surface area contributed by atoms with Gasteiger partial charge in [-0.05, 0) is 56.3 Å². The Kier molecular flexibility index (Phi) is 6.25. The van der Waals surface area contributed by atoms with Crippen LogP contribution in [0.2, 0.25) is 0 Å². The van der Waals surface area contributed by atoms with Gasteiger partial charge in [0.1, 0.15) is 0 Å². The van der Waals surface area contributed by atoms with Crippen LogP contribution in [0.3, 0.4) is 0 Å². The minimum atomic E-state index is 0.463. The number of hydrogen-bond donors (Lipinski definition) is 1. The smallest absolute Gasteiger partial charge is 0.0452 e. The highest BCUT2D eigenvalue weighted by molar-refractivity contribution is 5.29. The first kappa shape index (κ1) is 16.5. The summed E-state index contributed by atoms with van der Waals surface area (Å²) in [5.41, 5.74) is 2.88. The van der Waals surface area contributed by atoms with Gasteiger partial charge in [-0.15, -0.1) is 0 Å². The van der Waals surface area contributed by atoms with Crippen LogP contribution in [-0.2, 0) is 0 Å². The Balaban J connectivity index is 2.11. The average Bonchev–Trinajstić information content (AvgIpc) is 2.92. The van der Waals surface area contributed by atoms with E-state index in [9.17, 15) is 0 Å². The molecule has 0 amide bonds. The summed E-state index contributed by atoms with van der Waals surface area (Å²) >= 11 is 0. The Bertz CT molecular complexity index is 427. The predicted octanol–water partition coefficient (Wildman–Crippen LogP) is 4.16. The monoisotopic (exact) mass is 288 g/mol. The van der Waals surface area contributed by atoms with Gasteiger partial charge < -0.3 is 5.32 Å². The number of likely N-dealkylation sites (tertiary alicyclic amines) is 1. The minimum absolute atomic E-state index is 0.463. The fourth-order valence-corrected chi connectivity index (χ4v) is 3.64. The molecule has 0 spiro atoms. The van der Waals surface area contributed by atoms with Crippen LogP contribution in [0.15, 0.2) is 24.3 Å². The van der Waals surface area contributed by atoms with Gasteiger partial charge in [0.25, 0.3) is 0 Å². The number of rotatable bonds is 7. The van der Waals surface area contributed by atoms with Crippen molar-refractivity contribution < 1.29 is 0 Å². The molecule has 1 aliphatic heterocycles. The van der Waals surface area contributed by atoms with Crippen molar-refractivity contribution in [1.29, 1.82) is 0 Å². The van der Waals surface area contributed by atoms with Crippen molar-refractivity contribution >= 4 is 0 Å². The van der Waals surface area contributed by atoms with Gasteiger partial charge in [-0.2, -0.15) is 0 Å². The first-order chi connectivity index (χ1) is 10.1. The van der Waals surface area contributed by atoms with Crippen LogP contribution >= 0.6 is 0 Å². The molecule has 1 fully saturated rings. The van der Waals surface area contributed by atoms with Crippen LogP contribution in [0.25, 0.3) is 0 Å². The van der Waals surface area contributed by atoms with Gasteiger partial charge in [-0.3, -0.25) is 4.90 Å². The summed E-state index contributed by atoms with van der Waals surface area (Å²) in [6.07, 6.45) is 3.92. The maximum absolute atomic E-state index is 3.77. The number of benzene rings is 1. The first-order valence-corrected chi connectivity index (χ1v) is 8.66. The Labute approximate surface area is 130 Å². The fraction of sp³-hybridized carbons (Fsp3) is 0.684. The van der Waals surface area contributed by atoms with Crippen molar-refractivity contribution in [3.63, 3.8) is 0 Å². The lowest BCUT2D eigenvalue weighted by atomic mass is 9.98. The molecule has 1 aromatic rings. The Morgan fingerprint density at radius 3 is 2.71 bits per heavy atom. The standard InChI is InChI=1S/C19H32N2/c1-5-12-20-18(17-10-7-6-9-16(17)4)14-21-13-8-11-19(21)15(2)3/h6-7,9-10,15,18-20H,5,8,11-14H2,1-4H3. The van der Waals surface area contributed by atoms with Gasteiger partial charge >= 0.3 is 0 Å². The predicted molar refractivity (Wildman–Crippen MR) is 91.6 cm³/mol. The molecule has 0 aromatic heterocycles. The van der Waals surface area contributed by atoms with E-state index in [1.54, 1.807) is 0 Å². The summed E-state index contributed by atoms with van der Waals surface area (Å²) in [4.78, 5) is 2.71. The molecule has 1 heterocycles. The third-order valence-electron chi connectivity index (χ3n) is 4.81. The maximum atomic E-state index is 3.77. The second-order valence-corrected chi connectivity index (χ2v) is 6.81. The van der Waals surface area contributed by atoms with Crippen LogP contribution in [0.1, 0.15) is 57.2 Å². The van der Waals surface area contributed by atoms with Gasteiger partial charge in [0.15, 0.2) is 0 Å². The molecule has 2 rings (SSSR count). The lowest BCUT2D eigenvalue weighted by molar-refractivity contribution is 0.186. The van der Waals surface area contributed by atoms with E-state index in [1.165, 1.54) is 36.9 Å². The zero-order valence-electron chi connectivity index (χ0n) is 14.2. The molecule has 1 saturated heterocycles. The highest BCUT2D eigenvalue weighted by Crippen LogP contribution is 2.27. The van der Waals surface area contributed by atoms with Crippen molar-refractivity contribution in [3.05, 3.63) is 35.4 Å². The van der Waals surface area contributed by atoms with Crippen LogP contribution in [0, 0.1) is 12.8 Å². The Morgan fingerprint density at radius 1 is 1.29 bits per heavy atom. The van der Waals surface area contributed by atoms with E-state index in [-0.39, 0.29) is 0 Å². The molecule has 0 radical (unpaired) electrons. The van der Waals surface area contributed by atoms with Crippen LogP contribution in [0.4, 0.5) is 0 Å². The van der Waals surface area contributed by atoms with E-state index in [1.807, 2.05) is 0 Å². The maximum Gasteiger partial charge on any atom is 0.0452 e. The van der Waals surface area contributed by atoms with Gasteiger partial charge in [-0.25, -0.2) is 0 Å². The second-order valence-electron chi connectivity index (χ2n) is 6.81. The second kappa shape index (κ2) is 7.95. The first-order valence-electron chi connectivity index (χ1n) is 8.66. The van der Waals surface area contributed by atoms with Gasteiger partial charge in [0.2, 0.25) is 0 Å². The highest BCUT2D eigenvalue weighted by atomic mass is 15.2. The molecular formula is C19H32N2. The highest BCUT2D eigenvalue weighted by Gasteiger charge is 2.29. The molecule has 21 heavy (non-hydrogen) atoms. The molecule has 1 aliphatic rings. The van der Waals surface area contributed by atoms with Crippen molar-refractivity contribution in [2.45, 2.75) is 59.0 Å². The van der Waals surface area contributed by atoms with Gasteiger partial charge in [0.05, 0.1) is 0 Å². The van der Waals surface area contributed by atoms with E-state index >= 15 is 0 Å². The minimum Gasteiger partial charge on any atom is -0.309 e. The van der Waals surface area contributed by atoms with E-state index in [0.717, 1.165) is 25.0 Å². The van der Waals surface area contributed by atoms with Gasteiger partial charge in [-0.1, -0.05) is 45.0 Å². The molecule has 0 aliphatic carbocycles. The van der Waals surface area contributed by atoms with E-state index in [2.05, 4.69) is 62.2 Å². The van der Waals surface area contributed by atoms with E-state index in [4.69, 9.17) is 0 Å². The number of aryl methyl sites for hydroxylation is 1. The summed E-state index contributed by atoms with van der Waals surface area (Å²) in [7, 11) is 0. The third kappa shape index (κ3) is 4.31. The summed E-state index contributed by atoms with van der Waals surface area (Å²) < 4.78 is 0. The van der Waals surface area contributed by atoms with Crippen LogP contribution in [0.5, 0.6) is 0 Å². The Hall–Kier alpha value is -0.860. The number of nitrogens with zero attached hydrogens (tertiary/aromatic N) is 1. The van der Waals surface area contributed by atoms with Crippen LogP contribution in [-0.4, -0.2) is 30.6 Å². The summed E-state index contributed by atoms with van der Waals surface area (Å²) in [5, 5.41) is 3.77. The summed E-state index contributed by atoms with van der Waals surface area (Å²) in [6, 6.07) is 10.1. The SMILES string of the molecule is CCCNC(CN1CCCC1C(C)C)c1ccccc1C. The van der Waals surface area contributed by atoms with Crippen molar-refractivity contribution in [3.8, 4) is 0 Å². The fourth-order valence-electron chi connectivity index (χ4n) is 3.64. The lowest BCUT2D eigenvalue weighted by Gasteiger charge is -2.32. The normalized spacial score (nSPS) is 21.1. The van der Waals surface area contributed by atoms with E-state index < -0.39 is 0 Å². The zero-order chi connectivity index (χ0) is 15.2. The third-order valence-corrected chi connectivity index (χ3v) is 4.81. The molecule has 2 unspecified atom stereocenters. The molecule has 0 saturated carbocycles. The molecule has 118 valence electrons. The molecule has 1 aromatic carbocycles. The molecule has 1 N–H and O–H groups in total. The molecule has 2 atom stereocenters. The van der Waals surface area contributed by atoms with E-state index in [0.29, 0.717) is 6.04 Å². The average molecular weight is 288 g/mol. The number of hydrogen-bond acceptors (Lipinski definition) is 2. The zero-order valence-corrected chi connectivity index (χ0v) is 14.2. The van der Waals surface area contributed by atoms with Crippen molar-refractivity contribution in [2.75, 3.05) is 19.6 Å². The van der Waals surface area contributed by atoms with Gasteiger partial charge in [0, 0.05) is 18.6 Å². The molecule has 0 bridgehead atoms. The molecular weight excluding hydrogens is 256 g/mol. The number of nitrogens with one attached hydrogen (secondary N) is 1. The quantitative estimate of drug-likeness (QED) is 0.810. The van der Waals surface area contributed by atoms with Crippen molar-refractivity contribution in [1.82, 2.24) is 10.2 Å². The topological polar surface area (TPSA) is 15.3 Å². The lowest BCUT2D eigenvalue weighted by Crippen LogP contribution is -2.40. The van der Waals surface area contributed by atoms with Crippen LogP contribution < -0.4 is 5.32 Å².